The fourth-order valence-electron chi connectivity index (χ4n) is 0. The van der Waals surface area contributed by atoms with E-state index < -0.39 is 0 Å². The maximum atomic E-state index is 7.70. The van der Waals surface area contributed by atoms with Gasteiger partial charge in [-0.1, -0.05) is 27.7 Å². The maximum absolute atomic E-state index is 7.70. The van der Waals surface area contributed by atoms with Crippen molar-refractivity contribution >= 4 is 133 Å². The summed E-state index contributed by atoms with van der Waals surface area (Å²) in [5.74, 6) is 10.2. The average molecular weight is 743 g/mol. The molecule has 0 saturated carbocycles. The molecule has 0 aromatic carbocycles. The molecule has 0 aliphatic heterocycles. The molecule has 0 atom stereocenters. The smallest absolute Gasteiger partial charge is 0 e. The zero-order valence-corrected chi connectivity index (χ0v) is 29.1. The molecule has 0 saturated heterocycles. The molecule has 0 aliphatic rings. The first-order valence-electron chi connectivity index (χ1n) is 5.64. The van der Waals surface area contributed by atoms with Crippen molar-refractivity contribution in [1.82, 2.24) is 0 Å². The molecular formula is C11H27BKN2O2Se6-2. The third kappa shape index (κ3) is 340. The van der Waals surface area contributed by atoms with Crippen molar-refractivity contribution in [2.45, 2.75) is 56.8 Å². The average Bonchev–Trinajstić information content (AvgIpc) is 2.69. The van der Waals surface area contributed by atoms with E-state index in [0.717, 1.165) is 71.6 Å². The Kier molecular flexibility index (Phi) is 419. The molecule has 0 fully saturated rings. The van der Waals surface area contributed by atoms with Gasteiger partial charge in [0.05, 0.1) is 0 Å². The maximum Gasteiger partial charge on any atom is 0 e. The van der Waals surface area contributed by atoms with Gasteiger partial charge < -0.3 is 0 Å². The topological polar surface area (TPSA) is 81.7 Å². The Bertz CT molecular complexity index is 150. The van der Waals surface area contributed by atoms with Gasteiger partial charge in [-0.15, -0.1) is 0 Å². The van der Waals surface area contributed by atoms with Crippen LogP contribution in [0.15, 0.2) is 0 Å². The molecule has 0 bridgehead atoms. The van der Waals surface area contributed by atoms with Gasteiger partial charge >= 0.3 is 174 Å². The molecule has 0 spiro atoms. The standard InChI is InChI=1S/C2H3NSe.C2H6Se2.2C2H6.CHNSe.2CH4Se.B.K.O2/c1-4-2-3;1-3-4-2;2*1-2;2-1-3;2*1-2;;;1-2/h1H3;1-2H3;2*1-2H3;3H;2*2H,1H3;;;/q;;;;;;;;+1;/p-3. The molecule has 0 amide bonds. The van der Waals surface area contributed by atoms with E-state index in [1.54, 1.807) is 0 Å². The van der Waals surface area contributed by atoms with Crippen LogP contribution in [-0.2, 0) is 0 Å². The second kappa shape index (κ2) is 171. The second-order valence-electron chi connectivity index (χ2n) is 0.924. The Balaban J connectivity index is -0.0000000142. The van der Waals surface area contributed by atoms with E-state index in [-0.39, 0.29) is 23.4 Å². The summed E-state index contributed by atoms with van der Waals surface area (Å²) in [6, 6.07) is 0. The normalized spacial score (nSPS) is 4.30. The van der Waals surface area contributed by atoms with Crippen LogP contribution in [0.4, 0.5) is 0 Å². The number of nitriles is 2. The van der Waals surface area contributed by atoms with E-state index in [1.807, 2.05) is 50.1 Å². The Morgan fingerprint density at radius 3 is 0.913 bits per heavy atom. The van der Waals surface area contributed by atoms with Crippen LogP contribution in [0.5, 0.6) is 0 Å². The molecule has 0 aromatic heterocycles. The van der Waals surface area contributed by atoms with E-state index in [1.165, 1.54) is 0 Å². The molecule has 23 heavy (non-hydrogen) atoms. The van der Waals surface area contributed by atoms with Gasteiger partial charge in [-0.2, -0.15) is 0 Å². The molecule has 0 N–H and O–H groups in total. The molecule has 0 aromatic rings. The van der Waals surface area contributed by atoms with Crippen LogP contribution in [0.1, 0.15) is 27.7 Å². The van der Waals surface area contributed by atoms with Gasteiger partial charge in [0.15, 0.2) is 0 Å². The van der Waals surface area contributed by atoms with Gasteiger partial charge in [0.1, 0.15) is 0 Å². The van der Waals surface area contributed by atoms with Crippen molar-refractivity contribution in [3.05, 3.63) is 9.93 Å². The van der Waals surface area contributed by atoms with Crippen LogP contribution in [-0.4, -0.2) is 133 Å². The summed E-state index contributed by atoms with van der Waals surface area (Å²) >= 11 is 8.24. The molecule has 0 unspecified atom stereocenters. The van der Waals surface area contributed by atoms with Gasteiger partial charge in [0.2, 0.25) is 0 Å². The van der Waals surface area contributed by atoms with Crippen LogP contribution in [0.2, 0.25) is 29.1 Å². The van der Waals surface area contributed by atoms with Crippen molar-refractivity contribution in [2.24, 2.45) is 0 Å². The first-order valence-corrected chi connectivity index (χ1v) is 28.6. The van der Waals surface area contributed by atoms with Crippen molar-refractivity contribution in [1.29, 1.82) is 10.5 Å². The van der Waals surface area contributed by atoms with E-state index in [4.69, 9.17) is 20.5 Å². The quantitative estimate of drug-likeness (QED) is 0.386. The van der Waals surface area contributed by atoms with Crippen LogP contribution in [0, 0.1) is 30.4 Å². The molecule has 4 nitrogen and oxygen atoms in total. The number of nitrogens with zero attached hydrogens (tertiary/aromatic N) is 2. The van der Waals surface area contributed by atoms with Crippen LogP contribution in [0.3, 0.4) is 0 Å². The van der Waals surface area contributed by atoms with Gasteiger partial charge in [-0.25, -0.2) is 0 Å². The third-order valence-corrected chi connectivity index (χ3v) is 6.93. The first kappa shape index (κ1) is 56.3. The Labute approximate surface area is 215 Å². The number of hydrogen-bond acceptors (Lipinski definition) is 4. The molecule has 12 heteroatoms. The summed E-state index contributed by atoms with van der Waals surface area (Å²) in [6.45, 7) is 8.00. The first-order chi connectivity index (χ1) is 10.7. The molecule has 3 radical (unpaired) electrons. The predicted octanol–water partition coefficient (Wildman–Crippen LogP) is 2.03. The molecule has 0 aliphatic carbocycles. The minimum Gasteiger partial charge on any atom is 0 e. The summed E-state index contributed by atoms with van der Waals surface area (Å²) in [5, 5.41) is 15.4. The molecule has 135 valence electrons. The van der Waals surface area contributed by atoms with E-state index in [2.05, 4.69) is 48.6 Å². The second-order valence-corrected chi connectivity index (χ2v) is 15.4. The van der Waals surface area contributed by atoms with E-state index in [0.29, 0.717) is 5.60 Å². The summed E-state index contributed by atoms with van der Waals surface area (Å²) < 4.78 is 0. The van der Waals surface area contributed by atoms with E-state index >= 15 is 0 Å². The van der Waals surface area contributed by atoms with Crippen molar-refractivity contribution in [3.63, 3.8) is 0 Å². The van der Waals surface area contributed by atoms with E-state index in [9.17, 15) is 0 Å². The SMILES string of the molecule is CC.CC.C[Se-].C[Se-].C[Se]C#N.C[Se][Se]C.N#C[Se][K].O=O.[B]. The fraction of sp³-hybridized carbons (Fsp3) is 0.818. The number of hydrogen-bond donors (Lipinski definition) is 0. The van der Waals surface area contributed by atoms with Gasteiger partial charge in [-0.05, 0) is 0 Å². The zero-order valence-electron chi connectivity index (χ0n) is 15.7. The van der Waals surface area contributed by atoms with Gasteiger partial charge in [0, 0.05) is 18.3 Å². The summed E-state index contributed by atoms with van der Waals surface area (Å²) in [7, 11) is 0. The van der Waals surface area contributed by atoms with Crippen molar-refractivity contribution < 1.29 is 0 Å². The minimum atomic E-state index is 0. The Hall–Kier alpha value is 3.40. The largest absolute Gasteiger partial charge is 0 e. The zero-order chi connectivity index (χ0) is 20.2. The molecular weight excluding hydrogens is 716 g/mol. The summed E-state index contributed by atoms with van der Waals surface area (Å²) in [5.41, 5.74) is 0.410. The van der Waals surface area contributed by atoms with Crippen LogP contribution >= 0.6 is 0 Å². The summed E-state index contributed by atoms with van der Waals surface area (Å²) in [6.07, 6.45) is 0. The van der Waals surface area contributed by atoms with Gasteiger partial charge in [-0.3, -0.25) is 0 Å². The minimum absolute atomic E-state index is 0. The number of rotatable bonds is 1. The van der Waals surface area contributed by atoms with Crippen molar-refractivity contribution in [3.8, 4) is 9.94 Å². The Morgan fingerprint density at radius 1 is 0.783 bits per heavy atom. The van der Waals surface area contributed by atoms with Crippen LogP contribution in [0.25, 0.3) is 0 Å². The molecule has 0 rings (SSSR count). The third-order valence-electron chi connectivity index (χ3n) is 0.349. The summed E-state index contributed by atoms with van der Waals surface area (Å²) in [4.78, 5) is 18.1. The van der Waals surface area contributed by atoms with Gasteiger partial charge in [0.25, 0.3) is 0 Å². The monoisotopic (exact) mass is 749 g/mol. The van der Waals surface area contributed by atoms with Crippen molar-refractivity contribution in [2.75, 3.05) is 0 Å². The Morgan fingerprint density at radius 2 is 0.913 bits per heavy atom. The predicted molar refractivity (Wildman–Crippen MR) is 116 cm³/mol. The van der Waals surface area contributed by atoms with Crippen LogP contribution < -0.4 is 0 Å². The molecule has 0 heterocycles. The fourth-order valence-corrected chi connectivity index (χ4v) is 0.